The van der Waals surface area contributed by atoms with Crippen LogP contribution in [-0.2, 0) is 10.0 Å². The third kappa shape index (κ3) is 3.46. The van der Waals surface area contributed by atoms with Crippen molar-refractivity contribution in [2.45, 2.75) is 55.4 Å². The summed E-state index contributed by atoms with van der Waals surface area (Å²) in [5.41, 5.74) is 0.0610. The molecule has 1 aromatic carbocycles. The van der Waals surface area contributed by atoms with Crippen molar-refractivity contribution >= 4 is 10.0 Å². The van der Waals surface area contributed by atoms with E-state index >= 15 is 0 Å². The monoisotopic (exact) mass is 434 g/mol. The number of sulfonamides is 1. The molecule has 2 aromatic rings. The zero-order valence-corrected chi connectivity index (χ0v) is 17.9. The van der Waals surface area contributed by atoms with Gasteiger partial charge >= 0.3 is 0 Å². The number of halogens is 1. The normalized spacial score (nSPS) is 25.6. The number of piperidine rings is 1. The molecule has 5 rings (SSSR count). The zero-order chi connectivity index (χ0) is 20.9. The average Bonchev–Trinajstić information content (AvgIpc) is 3.26. The number of nitrogens with zero attached hydrogens (tertiary/aromatic N) is 4. The summed E-state index contributed by atoms with van der Waals surface area (Å²) < 4.78 is 46.0. The first-order chi connectivity index (χ1) is 14.4. The molecule has 7 nitrogen and oxygen atoms in total. The molecule has 0 bridgehead atoms. The van der Waals surface area contributed by atoms with Crippen LogP contribution in [0.1, 0.15) is 62.2 Å². The molecule has 3 aliphatic rings. The molecule has 0 radical (unpaired) electrons. The van der Waals surface area contributed by atoms with Gasteiger partial charge in [-0.2, -0.15) is 9.29 Å². The molecule has 1 atom stereocenters. The highest BCUT2D eigenvalue weighted by molar-refractivity contribution is 7.89. The third-order valence-corrected chi connectivity index (χ3v) is 9.10. The number of hydrogen-bond donors (Lipinski definition) is 0. The van der Waals surface area contributed by atoms with Crippen LogP contribution >= 0.6 is 0 Å². The van der Waals surface area contributed by atoms with Gasteiger partial charge < -0.3 is 4.52 Å². The van der Waals surface area contributed by atoms with E-state index in [1.54, 1.807) is 0 Å². The molecule has 0 amide bonds. The van der Waals surface area contributed by atoms with Crippen molar-refractivity contribution in [1.82, 2.24) is 19.3 Å². The van der Waals surface area contributed by atoms with Crippen molar-refractivity contribution in [3.05, 3.63) is 41.8 Å². The Morgan fingerprint density at radius 1 is 1.17 bits per heavy atom. The van der Waals surface area contributed by atoms with E-state index in [1.165, 1.54) is 35.0 Å². The van der Waals surface area contributed by atoms with Gasteiger partial charge in [0.1, 0.15) is 5.82 Å². The predicted octanol–water partition coefficient (Wildman–Crippen LogP) is 3.32. The SMILES string of the molecule is CN1CC2(CCN(S(=O)(=O)c3ccc(F)cc3)CC2)CC1c1noc(C2CCC2)n1. The fourth-order valence-electron chi connectivity index (χ4n) is 5.08. The van der Waals surface area contributed by atoms with Crippen molar-refractivity contribution in [1.29, 1.82) is 0 Å². The molecule has 3 fully saturated rings. The van der Waals surface area contributed by atoms with E-state index < -0.39 is 15.8 Å². The summed E-state index contributed by atoms with van der Waals surface area (Å²) >= 11 is 0. The van der Waals surface area contributed by atoms with E-state index in [0.717, 1.165) is 50.4 Å². The van der Waals surface area contributed by atoms with Crippen LogP contribution in [0.15, 0.2) is 33.7 Å². The molecule has 1 aromatic heterocycles. The van der Waals surface area contributed by atoms with Gasteiger partial charge in [-0.1, -0.05) is 11.6 Å². The highest BCUT2D eigenvalue weighted by atomic mass is 32.2. The number of rotatable bonds is 4. The van der Waals surface area contributed by atoms with Crippen molar-refractivity contribution < 1.29 is 17.3 Å². The van der Waals surface area contributed by atoms with Gasteiger partial charge in [-0.15, -0.1) is 0 Å². The van der Waals surface area contributed by atoms with Gasteiger partial charge in [0, 0.05) is 25.6 Å². The summed E-state index contributed by atoms with van der Waals surface area (Å²) in [4.78, 5) is 7.11. The van der Waals surface area contributed by atoms with Gasteiger partial charge in [0.2, 0.25) is 15.9 Å². The lowest BCUT2D eigenvalue weighted by Crippen LogP contribution is -2.44. The van der Waals surface area contributed by atoms with Gasteiger partial charge in [0.15, 0.2) is 5.82 Å². The topological polar surface area (TPSA) is 79.5 Å². The van der Waals surface area contributed by atoms with Gasteiger partial charge in [-0.05, 0) is 68.8 Å². The highest BCUT2D eigenvalue weighted by Crippen LogP contribution is 2.48. The Morgan fingerprint density at radius 3 is 2.50 bits per heavy atom. The Bertz CT molecular complexity index is 1010. The Kier molecular flexibility index (Phi) is 4.95. The van der Waals surface area contributed by atoms with E-state index in [1.807, 2.05) is 0 Å². The average molecular weight is 435 g/mol. The van der Waals surface area contributed by atoms with Gasteiger partial charge in [0.05, 0.1) is 10.9 Å². The lowest BCUT2D eigenvalue weighted by molar-refractivity contribution is 0.161. The molecule has 2 aliphatic heterocycles. The smallest absolute Gasteiger partial charge is 0.243 e. The maximum Gasteiger partial charge on any atom is 0.243 e. The van der Waals surface area contributed by atoms with Crippen LogP contribution < -0.4 is 0 Å². The minimum absolute atomic E-state index is 0.0610. The quantitative estimate of drug-likeness (QED) is 0.735. The second kappa shape index (κ2) is 7.39. The summed E-state index contributed by atoms with van der Waals surface area (Å²) in [6.45, 7) is 1.84. The first-order valence-electron chi connectivity index (χ1n) is 10.7. The zero-order valence-electron chi connectivity index (χ0n) is 17.1. The highest BCUT2D eigenvalue weighted by Gasteiger charge is 2.47. The Morgan fingerprint density at radius 2 is 1.87 bits per heavy atom. The molecule has 1 unspecified atom stereocenters. The third-order valence-electron chi connectivity index (χ3n) is 7.19. The molecule has 2 saturated heterocycles. The van der Waals surface area contributed by atoms with Gasteiger partial charge in [0.25, 0.3) is 0 Å². The maximum atomic E-state index is 13.2. The molecule has 162 valence electrons. The Balaban J connectivity index is 1.26. The summed E-state index contributed by atoms with van der Waals surface area (Å²) in [7, 11) is -1.51. The largest absolute Gasteiger partial charge is 0.339 e. The van der Waals surface area contributed by atoms with Crippen LogP contribution in [0.4, 0.5) is 4.39 Å². The van der Waals surface area contributed by atoms with Crippen LogP contribution in [0.2, 0.25) is 0 Å². The van der Waals surface area contributed by atoms with Crippen LogP contribution in [0.5, 0.6) is 0 Å². The number of aromatic nitrogens is 2. The van der Waals surface area contributed by atoms with E-state index in [0.29, 0.717) is 19.0 Å². The van der Waals surface area contributed by atoms with Crippen LogP contribution in [-0.4, -0.2) is 54.4 Å². The minimum atomic E-state index is -3.59. The summed E-state index contributed by atoms with van der Waals surface area (Å²) in [6, 6.07) is 5.17. The van der Waals surface area contributed by atoms with Crippen molar-refractivity contribution in [2.24, 2.45) is 5.41 Å². The summed E-state index contributed by atoms with van der Waals surface area (Å²) in [5.74, 6) is 1.52. The first-order valence-corrected chi connectivity index (χ1v) is 12.1. The summed E-state index contributed by atoms with van der Waals surface area (Å²) in [6.07, 6.45) is 5.99. The van der Waals surface area contributed by atoms with Crippen LogP contribution in [0.25, 0.3) is 0 Å². The van der Waals surface area contributed by atoms with Gasteiger partial charge in [-0.3, -0.25) is 4.90 Å². The van der Waals surface area contributed by atoms with E-state index in [4.69, 9.17) is 4.52 Å². The Labute approximate surface area is 176 Å². The maximum absolute atomic E-state index is 13.2. The fourth-order valence-corrected chi connectivity index (χ4v) is 6.52. The minimum Gasteiger partial charge on any atom is -0.339 e. The molecular weight excluding hydrogens is 407 g/mol. The van der Waals surface area contributed by atoms with Crippen molar-refractivity contribution in [2.75, 3.05) is 26.7 Å². The van der Waals surface area contributed by atoms with E-state index in [2.05, 4.69) is 22.1 Å². The van der Waals surface area contributed by atoms with Crippen molar-refractivity contribution in [3.63, 3.8) is 0 Å². The molecule has 1 aliphatic carbocycles. The molecule has 1 saturated carbocycles. The predicted molar refractivity (Wildman–Crippen MR) is 108 cm³/mol. The molecule has 1 spiro atoms. The summed E-state index contributed by atoms with van der Waals surface area (Å²) in [5, 5.41) is 4.27. The number of hydrogen-bond acceptors (Lipinski definition) is 6. The number of benzene rings is 1. The molecule has 30 heavy (non-hydrogen) atoms. The lowest BCUT2D eigenvalue weighted by Gasteiger charge is -2.38. The molecule has 3 heterocycles. The van der Waals surface area contributed by atoms with E-state index in [9.17, 15) is 12.8 Å². The molecule has 9 heteroatoms. The number of likely N-dealkylation sites (tertiary alicyclic amines) is 1. The van der Waals surface area contributed by atoms with Crippen molar-refractivity contribution in [3.8, 4) is 0 Å². The first kappa shape index (κ1) is 20.1. The lowest BCUT2D eigenvalue weighted by atomic mass is 9.77. The standard InChI is InChI=1S/C21H27FN4O3S/c1-25-14-21(13-18(25)19-23-20(29-24-19)15-3-2-4-15)9-11-26(12-10-21)30(27,28)17-7-5-16(22)6-8-17/h5-8,15,18H,2-4,9-14H2,1H3. The Hall–Kier alpha value is -1.84. The van der Waals surface area contributed by atoms with Crippen LogP contribution in [0, 0.1) is 11.2 Å². The fraction of sp³-hybridized carbons (Fsp3) is 0.619. The van der Waals surface area contributed by atoms with Crippen LogP contribution in [0.3, 0.4) is 0 Å². The second-order valence-corrected chi connectivity index (χ2v) is 11.0. The van der Waals surface area contributed by atoms with E-state index in [-0.39, 0.29) is 16.4 Å². The molecular formula is C21H27FN4O3S. The second-order valence-electron chi connectivity index (χ2n) is 9.11. The van der Waals surface area contributed by atoms with Gasteiger partial charge in [-0.25, -0.2) is 12.8 Å². The molecule has 0 N–H and O–H groups in total.